The van der Waals surface area contributed by atoms with Crippen molar-refractivity contribution in [1.82, 2.24) is 14.9 Å². The molecule has 0 saturated heterocycles. The first-order valence-corrected chi connectivity index (χ1v) is 11.4. The van der Waals surface area contributed by atoms with Gasteiger partial charge in [-0.05, 0) is 47.5 Å². The number of amides is 1. The van der Waals surface area contributed by atoms with Gasteiger partial charge in [0.25, 0.3) is 0 Å². The van der Waals surface area contributed by atoms with Gasteiger partial charge in [-0.15, -0.1) is 0 Å². The average Bonchev–Trinajstić information content (AvgIpc) is 2.80. The molecule has 4 rings (SSSR count). The van der Waals surface area contributed by atoms with Crippen LogP contribution in [0.3, 0.4) is 0 Å². The Hall–Kier alpha value is -3.38. The molecule has 0 aliphatic carbocycles. The van der Waals surface area contributed by atoms with E-state index in [1.807, 2.05) is 57.2 Å². The predicted octanol–water partition coefficient (Wildman–Crippen LogP) is 6.03. The molecule has 1 heterocycles. The molecular weight excluding hydrogens is 436 g/mol. The zero-order valence-corrected chi connectivity index (χ0v) is 20.4. The van der Waals surface area contributed by atoms with Gasteiger partial charge >= 0.3 is 0 Å². The summed E-state index contributed by atoms with van der Waals surface area (Å²) in [4.78, 5) is 22.5. The van der Waals surface area contributed by atoms with Crippen LogP contribution in [-0.2, 0) is 4.79 Å². The second-order valence-corrected chi connectivity index (χ2v) is 8.07. The summed E-state index contributed by atoms with van der Waals surface area (Å²) in [7, 11) is 3.46. The molecule has 33 heavy (non-hydrogen) atoms. The number of benzene rings is 3. The van der Waals surface area contributed by atoms with Gasteiger partial charge in [0, 0.05) is 43.0 Å². The molecule has 0 unspecified atom stereocenters. The lowest BCUT2D eigenvalue weighted by Gasteiger charge is -2.13. The first-order valence-electron chi connectivity index (χ1n) is 11.0. The van der Waals surface area contributed by atoms with Gasteiger partial charge in [-0.25, -0.2) is 9.97 Å². The van der Waals surface area contributed by atoms with Crippen LogP contribution in [0.1, 0.15) is 26.0 Å². The van der Waals surface area contributed by atoms with Crippen LogP contribution in [0.5, 0.6) is 5.75 Å². The third-order valence-electron chi connectivity index (χ3n) is 5.23. The smallest absolute Gasteiger partial charge is 0.223 e. The van der Waals surface area contributed by atoms with Crippen molar-refractivity contribution in [2.75, 3.05) is 26.0 Å². The summed E-state index contributed by atoms with van der Waals surface area (Å²) < 4.78 is 0. The summed E-state index contributed by atoms with van der Waals surface area (Å²) in [5, 5.41) is 16.7. The lowest BCUT2D eigenvalue weighted by molar-refractivity contribution is -0.128. The van der Waals surface area contributed by atoms with Crippen molar-refractivity contribution in [3.63, 3.8) is 0 Å². The molecule has 1 amide bonds. The minimum Gasteiger partial charge on any atom is -0.508 e. The van der Waals surface area contributed by atoms with Crippen molar-refractivity contribution in [2.24, 2.45) is 0 Å². The summed E-state index contributed by atoms with van der Waals surface area (Å²) in [6.45, 7) is 6.35. The van der Waals surface area contributed by atoms with Crippen LogP contribution in [0, 0.1) is 6.92 Å². The van der Waals surface area contributed by atoms with Gasteiger partial charge in [-0.3, -0.25) is 4.79 Å². The molecule has 2 N–H and O–H groups in total. The number of aryl methyl sites for hydroxylation is 1. The molecule has 0 saturated carbocycles. The highest BCUT2D eigenvalue weighted by Gasteiger charge is 2.14. The van der Waals surface area contributed by atoms with E-state index in [-0.39, 0.29) is 11.7 Å². The lowest BCUT2D eigenvalue weighted by Crippen LogP contribution is -2.24. The van der Waals surface area contributed by atoms with Gasteiger partial charge in [0.1, 0.15) is 5.75 Å². The summed E-state index contributed by atoms with van der Waals surface area (Å²) in [6, 6.07) is 15.1. The highest BCUT2D eigenvalue weighted by Crippen LogP contribution is 2.38. The van der Waals surface area contributed by atoms with E-state index in [4.69, 9.17) is 11.6 Å². The number of nitrogens with zero attached hydrogens (tertiary/aromatic N) is 3. The SMILES string of the molecule is CC.Cc1nc(NCCC(=O)N(C)C)nc2cc(-c3cc(O)cc4ccccc34)c(Cl)cc12. The highest BCUT2D eigenvalue weighted by molar-refractivity contribution is 6.34. The lowest BCUT2D eigenvalue weighted by atomic mass is 9.96. The highest BCUT2D eigenvalue weighted by atomic mass is 35.5. The Bertz CT molecular complexity index is 1300. The average molecular weight is 465 g/mol. The maximum atomic E-state index is 11.8. The van der Waals surface area contributed by atoms with E-state index in [0.717, 1.165) is 38.5 Å². The number of phenols is 1. The Morgan fingerprint density at radius 2 is 1.76 bits per heavy atom. The molecule has 0 fully saturated rings. The van der Waals surface area contributed by atoms with Crippen molar-refractivity contribution in [3.05, 3.63) is 59.2 Å². The zero-order valence-electron chi connectivity index (χ0n) is 19.6. The van der Waals surface area contributed by atoms with E-state index in [1.165, 1.54) is 0 Å². The Morgan fingerprint density at radius 3 is 2.48 bits per heavy atom. The van der Waals surface area contributed by atoms with Crippen molar-refractivity contribution < 1.29 is 9.90 Å². The van der Waals surface area contributed by atoms with Gasteiger partial charge in [-0.1, -0.05) is 49.7 Å². The third-order valence-corrected chi connectivity index (χ3v) is 5.55. The van der Waals surface area contributed by atoms with Crippen LogP contribution in [0.25, 0.3) is 32.8 Å². The number of phenolic OH excluding ortho intramolecular Hbond substituents is 1. The molecule has 172 valence electrons. The van der Waals surface area contributed by atoms with Crippen LogP contribution in [0.15, 0.2) is 48.5 Å². The normalized spacial score (nSPS) is 10.6. The number of aromatic hydroxyl groups is 1. The largest absolute Gasteiger partial charge is 0.508 e. The van der Waals surface area contributed by atoms with Crippen molar-refractivity contribution in [2.45, 2.75) is 27.2 Å². The predicted molar refractivity (Wildman–Crippen MR) is 137 cm³/mol. The molecular formula is C26H29ClN4O2. The van der Waals surface area contributed by atoms with Gasteiger partial charge in [0.15, 0.2) is 0 Å². The molecule has 0 radical (unpaired) electrons. The van der Waals surface area contributed by atoms with E-state index < -0.39 is 0 Å². The Kier molecular flexibility index (Phi) is 7.71. The standard InChI is InChI=1S/C24H23ClN4O2.C2H6/c1-14-18-12-21(25)20(19-11-16(30)10-15-6-4-5-7-17(15)19)13-22(18)28-24(27-14)26-9-8-23(31)29(2)3;1-2/h4-7,10-13,30H,8-9H2,1-3H3,(H,26,27,28);1-2H3. The molecule has 4 aromatic rings. The molecule has 1 aromatic heterocycles. The zero-order chi connectivity index (χ0) is 24.1. The number of fused-ring (bicyclic) bond motifs is 2. The summed E-state index contributed by atoms with van der Waals surface area (Å²) in [5.74, 6) is 0.678. The molecule has 0 spiro atoms. The Balaban J connectivity index is 0.00000149. The van der Waals surface area contributed by atoms with Crippen LogP contribution in [0.2, 0.25) is 5.02 Å². The quantitative estimate of drug-likeness (QED) is 0.376. The molecule has 7 heteroatoms. The van der Waals surface area contributed by atoms with Gasteiger partial charge in [0.05, 0.1) is 11.2 Å². The second-order valence-electron chi connectivity index (χ2n) is 7.66. The van der Waals surface area contributed by atoms with Crippen LogP contribution in [0.4, 0.5) is 5.95 Å². The van der Waals surface area contributed by atoms with Crippen LogP contribution >= 0.6 is 11.6 Å². The summed E-state index contributed by atoms with van der Waals surface area (Å²) >= 11 is 6.66. The maximum Gasteiger partial charge on any atom is 0.223 e. The topological polar surface area (TPSA) is 78.4 Å². The first-order chi connectivity index (χ1) is 15.8. The number of rotatable bonds is 5. The fourth-order valence-electron chi connectivity index (χ4n) is 3.61. The minimum atomic E-state index is 0.0369. The fourth-order valence-corrected chi connectivity index (χ4v) is 3.88. The van der Waals surface area contributed by atoms with E-state index in [2.05, 4.69) is 15.3 Å². The van der Waals surface area contributed by atoms with E-state index in [0.29, 0.717) is 23.9 Å². The van der Waals surface area contributed by atoms with Gasteiger partial charge in [-0.2, -0.15) is 0 Å². The number of nitrogens with one attached hydrogen (secondary N) is 1. The van der Waals surface area contributed by atoms with Crippen molar-refractivity contribution in [3.8, 4) is 16.9 Å². The van der Waals surface area contributed by atoms with Gasteiger partial charge in [0.2, 0.25) is 11.9 Å². The summed E-state index contributed by atoms with van der Waals surface area (Å²) in [6.07, 6.45) is 0.356. The number of hydrogen-bond donors (Lipinski definition) is 2. The number of anilines is 1. The number of halogens is 1. The van der Waals surface area contributed by atoms with Gasteiger partial charge < -0.3 is 15.3 Å². The number of carbonyl (C=O) groups is 1. The number of hydrogen-bond acceptors (Lipinski definition) is 5. The summed E-state index contributed by atoms with van der Waals surface area (Å²) in [5.41, 5.74) is 3.15. The van der Waals surface area contributed by atoms with Crippen molar-refractivity contribution >= 4 is 45.1 Å². The van der Waals surface area contributed by atoms with E-state index in [9.17, 15) is 9.90 Å². The molecule has 0 bridgehead atoms. The number of carbonyl (C=O) groups excluding carboxylic acids is 1. The fraction of sp³-hybridized carbons (Fsp3) is 0.269. The monoisotopic (exact) mass is 464 g/mol. The van der Waals surface area contributed by atoms with E-state index >= 15 is 0 Å². The number of aromatic nitrogens is 2. The molecule has 0 aliphatic rings. The molecule has 3 aromatic carbocycles. The van der Waals surface area contributed by atoms with Crippen molar-refractivity contribution in [1.29, 1.82) is 0 Å². The van der Waals surface area contributed by atoms with E-state index in [1.54, 1.807) is 31.1 Å². The second kappa shape index (κ2) is 10.5. The third kappa shape index (κ3) is 5.34. The Morgan fingerprint density at radius 1 is 1.03 bits per heavy atom. The molecule has 6 nitrogen and oxygen atoms in total. The van der Waals surface area contributed by atoms with Crippen LogP contribution < -0.4 is 5.32 Å². The maximum absolute atomic E-state index is 11.8. The minimum absolute atomic E-state index is 0.0369. The molecule has 0 aliphatic heterocycles. The molecule has 0 atom stereocenters. The van der Waals surface area contributed by atoms with Crippen LogP contribution in [-0.4, -0.2) is 46.5 Å². The Labute approximate surface area is 199 Å². The first kappa shape index (κ1) is 24.3.